The van der Waals surface area contributed by atoms with Crippen LogP contribution in [-0.2, 0) is 4.74 Å². The molecule has 6 heteroatoms. The second-order valence-corrected chi connectivity index (χ2v) is 6.09. The van der Waals surface area contributed by atoms with Gasteiger partial charge in [0.15, 0.2) is 0 Å². The minimum atomic E-state index is -0.815. The van der Waals surface area contributed by atoms with Gasteiger partial charge in [0.25, 0.3) is 0 Å². The maximum absolute atomic E-state index is 12.1. The first-order chi connectivity index (χ1) is 11.4. The van der Waals surface area contributed by atoms with Gasteiger partial charge in [-0.25, -0.2) is 4.79 Å². The highest BCUT2D eigenvalue weighted by molar-refractivity contribution is 9.10. The van der Waals surface area contributed by atoms with Crippen molar-refractivity contribution in [3.05, 3.63) is 52.5 Å². The molecule has 3 aromatic carbocycles. The normalized spacial score (nSPS) is 10.8. The van der Waals surface area contributed by atoms with Crippen LogP contribution < -0.4 is 0 Å². The van der Waals surface area contributed by atoms with Gasteiger partial charge in [0.05, 0.1) is 7.11 Å². The van der Waals surface area contributed by atoms with Crippen LogP contribution in [0.15, 0.2) is 46.9 Å². The Balaban J connectivity index is 2.49. The number of aromatic hydroxyl groups is 3. The molecule has 0 aliphatic heterocycles. The van der Waals surface area contributed by atoms with Crippen LogP contribution in [0.4, 0.5) is 0 Å². The van der Waals surface area contributed by atoms with Crippen LogP contribution in [0.1, 0.15) is 10.4 Å². The van der Waals surface area contributed by atoms with Crippen molar-refractivity contribution >= 4 is 32.7 Å². The van der Waals surface area contributed by atoms with Gasteiger partial charge in [-0.1, -0.05) is 28.1 Å². The summed E-state index contributed by atoms with van der Waals surface area (Å²) in [6.07, 6.45) is 0. The number of phenolic OH excluding ortho intramolecular Hbond substituents is 3. The van der Waals surface area contributed by atoms with Gasteiger partial charge in [-0.3, -0.25) is 0 Å². The van der Waals surface area contributed by atoms with Gasteiger partial charge in [-0.05, 0) is 41.1 Å². The third-order valence-electron chi connectivity index (χ3n) is 3.76. The minimum absolute atomic E-state index is 0.0167. The van der Waals surface area contributed by atoms with E-state index in [0.29, 0.717) is 5.39 Å². The molecule has 0 aliphatic rings. The van der Waals surface area contributed by atoms with Gasteiger partial charge < -0.3 is 20.1 Å². The van der Waals surface area contributed by atoms with Crippen LogP contribution in [0.5, 0.6) is 17.2 Å². The van der Waals surface area contributed by atoms with E-state index in [4.69, 9.17) is 4.74 Å². The van der Waals surface area contributed by atoms with Crippen molar-refractivity contribution in [3.8, 4) is 28.4 Å². The number of hydrogen-bond acceptors (Lipinski definition) is 5. The van der Waals surface area contributed by atoms with Crippen molar-refractivity contribution in [2.45, 2.75) is 0 Å². The van der Waals surface area contributed by atoms with E-state index >= 15 is 0 Å². The van der Waals surface area contributed by atoms with E-state index < -0.39 is 5.97 Å². The van der Waals surface area contributed by atoms with E-state index in [1.165, 1.54) is 25.3 Å². The van der Waals surface area contributed by atoms with Gasteiger partial charge in [0.2, 0.25) is 0 Å². The standard InChI is InChI=1S/C18H13BrO5/c1-24-18(23)17-14(22)7-6-13(21)16(17)15-11-8-10(19)4-2-9(11)3-5-12(15)20/h2-8,20-22H,1H3. The highest BCUT2D eigenvalue weighted by Crippen LogP contribution is 2.45. The Hall–Kier alpha value is -2.73. The zero-order valence-electron chi connectivity index (χ0n) is 12.6. The number of esters is 1. The number of halogens is 1. The summed E-state index contributed by atoms with van der Waals surface area (Å²) in [6, 6.07) is 11.1. The predicted molar refractivity (Wildman–Crippen MR) is 93.4 cm³/mol. The highest BCUT2D eigenvalue weighted by Gasteiger charge is 2.25. The predicted octanol–water partition coefficient (Wildman–Crippen LogP) is 4.17. The molecular weight excluding hydrogens is 376 g/mol. The SMILES string of the molecule is COC(=O)c1c(O)ccc(O)c1-c1c(O)ccc2ccc(Br)cc12. The molecule has 0 atom stereocenters. The lowest BCUT2D eigenvalue weighted by Crippen LogP contribution is -2.04. The first kappa shape index (κ1) is 16.1. The van der Waals surface area contributed by atoms with Gasteiger partial charge in [-0.2, -0.15) is 0 Å². The van der Waals surface area contributed by atoms with Gasteiger partial charge >= 0.3 is 5.97 Å². The van der Waals surface area contributed by atoms with E-state index in [2.05, 4.69) is 15.9 Å². The Morgan fingerprint density at radius 1 is 0.917 bits per heavy atom. The molecule has 3 rings (SSSR count). The van der Waals surface area contributed by atoms with E-state index in [1.807, 2.05) is 12.1 Å². The van der Waals surface area contributed by atoms with Crippen LogP contribution in [-0.4, -0.2) is 28.4 Å². The number of fused-ring (bicyclic) bond motifs is 1. The molecule has 0 spiro atoms. The fourth-order valence-corrected chi connectivity index (χ4v) is 3.05. The molecule has 0 heterocycles. The molecule has 3 N–H and O–H groups in total. The molecule has 0 fully saturated rings. The van der Waals surface area contributed by atoms with E-state index in [0.717, 1.165) is 9.86 Å². The molecular formula is C18H13BrO5. The van der Waals surface area contributed by atoms with Crippen molar-refractivity contribution in [2.24, 2.45) is 0 Å². The maximum atomic E-state index is 12.1. The largest absolute Gasteiger partial charge is 0.507 e. The summed E-state index contributed by atoms with van der Waals surface area (Å²) < 4.78 is 5.47. The minimum Gasteiger partial charge on any atom is -0.507 e. The second-order valence-electron chi connectivity index (χ2n) is 5.17. The topological polar surface area (TPSA) is 87.0 Å². The van der Waals surface area contributed by atoms with Gasteiger partial charge in [-0.15, -0.1) is 0 Å². The van der Waals surface area contributed by atoms with Crippen LogP contribution in [0, 0.1) is 0 Å². The number of hydrogen-bond donors (Lipinski definition) is 3. The van der Waals surface area contributed by atoms with Crippen LogP contribution in [0.25, 0.3) is 21.9 Å². The molecule has 0 unspecified atom stereocenters. The van der Waals surface area contributed by atoms with E-state index in [-0.39, 0.29) is 33.9 Å². The van der Waals surface area contributed by atoms with Crippen molar-refractivity contribution in [3.63, 3.8) is 0 Å². The summed E-state index contributed by atoms with van der Waals surface area (Å²) in [4.78, 5) is 12.1. The van der Waals surface area contributed by atoms with Crippen LogP contribution >= 0.6 is 15.9 Å². The average Bonchev–Trinajstić information content (AvgIpc) is 2.56. The average molecular weight is 389 g/mol. The second kappa shape index (κ2) is 6.05. The lowest BCUT2D eigenvalue weighted by molar-refractivity contribution is 0.0598. The Kier molecular flexibility index (Phi) is 4.07. The molecule has 24 heavy (non-hydrogen) atoms. The number of ether oxygens (including phenoxy) is 1. The van der Waals surface area contributed by atoms with E-state index in [1.54, 1.807) is 12.1 Å². The Morgan fingerprint density at radius 2 is 1.50 bits per heavy atom. The van der Waals surface area contributed by atoms with Crippen molar-refractivity contribution < 1.29 is 24.9 Å². The number of carbonyl (C=O) groups is 1. The number of phenols is 3. The molecule has 0 aliphatic carbocycles. The molecule has 5 nitrogen and oxygen atoms in total. The zero-order chi connectivity index (χ0) is 17.4. The Labute approximate surface area is 145 Å². The smallest absolute Gasteiger partial charge is 0.342 e. The van der Waals surface area contributed by atoms with Crippen molar-refractivity contribution in [1.29, 1.82) is 0 Å². The van der Waals surface area contributed by atoms with Crippen LogP contribution in [0.2, 0.25) is 0 Å². The first-order valence-electron chi connectivity index (χ1n) is 6.99. The fourth-order valence-electron chi connectivity index (χ4n) is 2.69. The third-order valence-corrected chi connectivity index (χ3v) is 4.26. The van der Waals surface area contributed by atoms with Crippen molar-refractivity contribution in [2.75, 3.05) is 7.11 Å². The molecule has 0 aromatic heterocycles. The molecule has 0 radical (unpaired) electrons. The molecule has 3 aromatic rings. The molecule has 0 saturated carbocycles. The quantitative estimate of drug-likeness (QED) is 0.452. The number of methoxy groups -OCH3 is 1. The molecule has 0 saturated heterocycles. The summed E-state index contributed by atoms with van der Waals surface area (Å²) in [5, 5.41) is 32.2. The van der Waals surface area contributed by atoms with E-state index in [9.17, 15) is 20.1 Å². The monoisotopic (exact) mass is 388 g/mol. The van der Waals surface area contributed by atoms with Crippen molar-refractivity contribution in [1.82, 2.24) is 0 Å². The summed E-state index contributed by atoms with van der Waals surface area (Å²) in [7, 11) is 1.18. The summed E-state index contributed by atoms with van der Waals surface area (Å²) in [6.45, 7) is 0. The Bertz CT molecular complexity index is 960. The first-order valence-corrected chi connectivity index (χ1v) is 7.78. The lowest BCUT2D eigenvalue weighted by atomic mass is 9.92. The number of carbonyl (C=O) groups excluding carboxylic acids is 1. The zero-order valence-corrected chi connectivity index (χ0v) is 14.2. The summed E-state index contributed by atoms with van der Waals surface area (Å²) in [5.74, 6) is -1.55. The summed E-state index contributed by atoms with van der Waals surface area (Å²) in [5.41, 5.74) is 0.0472. The maximum Gasteiger partial charge on any atom is 0.342 e. The van der Waals surface area contributed by atoms with Crippen LogP contribution in [0.3, 0.4) is 0 Å². The number of benzene rings is 3. The van der Waals surface area contributed by atoms with Gasteiger partial charge in [0.1, 0.15) is 22.8 Å². The third kappa shape index (κ3) is 2.55. The molecule has 122 valence electrons. The Morgan fingerprint density at radius 3 is 2.21 bits per heavy atom. The number of rotatable bonds is 2. The fraction of sp³-hybridized carbons (Fsp3) is 0.0556. The van der Waals surface area contributed by atoms with Gasteiger partial charge in [0, 0.05) is 15.6 Å². The molecule has 0 amide bonds. The highest BCUT2D eigenvalue weighted by atomic mass is 79.9. The molecule has 0 bridgehead atoms. The lowest BCUT2D eigenvalue weighted by Gasteiger charge is -2.15. The summed E-state index contributed by atoms with van der Waals surface area (Å²) >= 11 is 3.37.